The monoisotopic (exact) mass is 334 g/mol. The first-order valence-electron chi connectivity index (χ1n) is 8.74. The molecule has 24 heavy (non-hydrogen) atoms. The van der Waals surface area contributed by atoms with E-state index in [9.17, 15) is 9.59 Å². The average Bonchev–Trinajstić information content (AvgIpc) is 3.16. The van der Waals surface area contributed by atoms with Crippen LogP contribution in [0.2, 0.25) is 0 Å². The molecule has 2 fully saturated rings. The molecule has 0 radical (unpaired) electrons. The third kappa shape index (κ3) is 3.77. The second kappa shape index (κ2) is 7.79. The molecule has 1 N–H and O–H groups in total. The van der Waals surface area contributed by atoms with E-state index >= 15 is 0 Å². The SMILES string of the molecule is COCC(=O)N1CCC(C(=O)N2CCC(c3ncc[nH]3)CC2)CC1. The highest BCUT2D eigenvalue weighted by molar-refractivity contribution is 5.80. The maximum Gasteiger partial charge on any atom is 0.248 e. The van der Waals surface area contributed by atoms with Crippen molar-refractivity contribution in [2.45, 2.75) is 31.6 Å². The van der Waals surface area contributed by atoms with Crippen molar-refractivity contribution in [3.8, 4) is 0 Å². The number of nitrogens with one attached hydrogen (secondary N) is 1. The molecule has 1 aromatic heterocycles. The van der Waals surface area contributed by atoms with E-state index in [0.29, 0.717) is 19.0 Å². The van der Waals surface area contributed by atoms with E-state index in [1.165, 1.54) is 7.11 Å². The Bertz CT molecular complexity index is 544. The number of aromatic nitrogens is 2. The summed E-state index contributed by atoms with van der Waals surface area (Å²) in [6.45, 7) is 3.03. The Morgan fingerprint density at radius 3 is 2.42 bits per heavy atom. The Morgan fingerprint density at radius 1 is 1.17 bits per heavy atom. The molecule has 2 saturated heterocycles. The number of rotatable bonds is 4. The van der Waals surface area contributed by atoms with Gasteiger partial charge in [0.2, 0.25) is 11.8 Å². The largest absolute Gasteiger partial charge is 0.375 e. The zero-order valence-corrected chi connectivity index (χ0v) is 14.2. The average molecular weight is 334 g/mol. The number of methoxy groups -OCH3 is 1. The van der Waals surface area contributed by atoms with Crippen molar-refractivity contribution >= 4 is 11.8 Å². The minimum absolute atomic E-state index is 0.0164. The van der Waals surface area contributed by atoms with Crippen LogP contribution in [0.4, 0.5) is 0 Å². The van der Waals surface area contributed by atoms with E-state index in [1.54, 1.807) is 11.1 Å². The summed E-state index contributed by atoms with van der Waals surface area (Å²) in [5.41, 5.74) is 0. The zero-order valence-electron chi connectivity index (χ0n) is 14.2. The van der Waals surface area contributed by atoms with Gasteiger partial charge in [0.25, 0.3) is 0 Å². The van der Waals surface area contributed by atoms with Gasteiger partial charge in [-0.3, -0.25) is 9.59 Å². The van der Waals surface area contributed by atoms with E-state index in [0.717, 1.165) is 44.6 Å². The maximum absolute atomic E-state index is 12.7. The van der Waals surface area contributed by atoms with Crippen molar-refractivity contribution in [2.75, 3.05) is 39.9 Å². The van der Waals surface area contributed by atoms with Crippen molar-refractivity contribution in [1.82, 2.24) is 19.8 Å². The molecule has 132 valence electrons. The number of hydrogen-bond acceptors (Lipinski definition) is 4. The number of amides is 2. The van der Waals surface area contributed by atoms with Gasteiger partial charge >= 0.3 is 0 Å². The van der Waals surface area contributed by atoms with E-state index in [4.69, 9.17) is 4.74 Å². The quantitative estimate of drug-likeness (QED) is 0.891. The Morgan fingerprint density at radius 2 is 1.83 bits per heavy atom. The molecule has 3 rings (SSSR count). The molecular formula is C17H26N4O3. The lowest BCUT2D eigenvalue weighted by molar-refractivity contribution is -0.143. The molecular weight excluding hydrogens is 308 g/mol. The van der Waals surface area contributed by atoms with Crippen LogP contribution in [0, 0.1) is 5.92 Å². The fraction of sp³-hybridized carbons (Fsp3) is 0.706. The predicted octanol–water partition coefficient (Wildman–Crippen LogP) is 1.00. The van der Waals surface area contributed by atoms with Crippen molar-refractivity contribution < 1.29 is 14.3 Å². The maximum atomic E-state index is 12.7. The highest BCUT2D eigenvalue weighted by atomic mass is 16.5. The van der Waals surface area contributed by atoms with Crippen LogP contribution < -0.4 is 0 Å². The summed E-state index contributed by atoms with van der Waals surface area (Å²) in [5.74, 6) is 1.79. The number of aromatic amines is 1. The Hall–Kier alpha value is -1.89. The van der Waals surface area contributed by atoms with E-state index in [2.05, 4.69) is 9.97 Å². The summed E-state index contributed by atoms with van der Waals surface area (Å²) in [6.07, 6.45) is 7.07. The number of hydrogen-bond donors (Lipinski definition) is 1. The summed E-state index contributed by atoms with van der Waals surface area (Å²) < 4.78 is 4.89. The van der Waals surface area contributed by atoms with Crippen LogP contribution in [0.5, 0.6) is 0 Å². The van der Waals surface area contributed by atoms with E-state index < -0.39 is 0 Å². The molecule has 1 aromatic rings. The van der Waals surface area contributed by atoms with Gasteiger partial charge < -0.3 is 19.5 Å². The summed E-state index contributed by atoms with van der Waals surface area (Å²) >= 11 is 0. The predicted molar refractivity (Wildman–Crippen MR) is 88.3 cm³/mol. The van der Waals surface area contributed by atoms with Crippen molar-refractivity contribution in [1.29, 1.82) is 0 Å². The normalized spacial score (nSPS) is 20.4. The van der Waals surface area contributed by atoms with Gasteiger partial charge in [0.15, 0.2) is 0 Å². The number of nitrogens with zero attached hydrogens (tertiary/aromatic N) is 3. The van der Waals surface area contributed by atoms with Gasteiger partial charge in [-0.2, -0.15) is 0 Å². The number of carbonyl (C=O) groups excluding carboxylic acids is 2. The lowest BCUT2D eigenvalue weighted by atomic mass is 9.91. The third-order valence-electron chi connectivity index (χ3n) is 5.18. The Labute approximate surface area is 142 Å². The minimum atomic E-state index is 0.0164. The van der Waals surface area contributed by atoms with Crippen LogP contribution >= 0.6 is 0 Å². The molecule has 0 spiro atoms. The molecule has 2 aliphatic heterocycles. The molecule has 0 aliphatic carbocycles. The van der Waals surface area contributed by atoms with Gasteiger partial charge in [-0.15, -0.1) is 0 Å². The van der Waals surface area contributed by atoms with E-state index in [-0.39, 0.29) is 24.3 Å². The summed E-state index contributed by atoms with van der Waals surface area (Å²) in [5, 5.41) is 0. The highest BCUT2D eigenvalue weighted by Gasteiger charge is 2.32. The fourth-order valence-corrected chi connectivity index (χ4v) is 3.72. The van der Waals surface area contributed by atoms with Crippen LogP contribution in [0.3, 0.4) is 0 Å². The molecule has 0 aromatic carbocycles. The molecule has 2 amide bonds. The number of H-pyrrole nitrogens is 1. The van der Waals surface area contributed by atoms with Gasteiger partial charge in [0.1, 0.15) is 12.4 Å². The Kier molecular flexibility index (Phi) is 5.50. The molecule has 7 nitrogen and oxygen atoms in total. The van der Waals surface area contributed by atoms with Crippen molar-refractivity contribution in [3.05, 3.63) is 18.2 Å². The molecule has 0 unspecified atom stereocenters. The second-order valence-corrected chi connectivity index (χ2v) is 6.66. The topological polar surface area (TPSA) is 78.5 Å². The molecule has 0 saturated carbocycles. The first-order valence-corrected chi connectivity index (χ1v) is 8.74. The smallest absolute Gasteiger partial charge is 0.248 e. The lowest BCUT2D eigenvalue weighted by Crippen LogP contribution is -2.47. The number of likely N-dealkylation sites (tertiary alicyclic amines) is 2. The van der Waals surface area contributed by atoms with Crippen LogP contribution in [0.15, 0.2) is 12.4 Å². The van der Waals surface area contributed by atoms with Crippen LogP contribution in [0.25, 0.3) is 0 Å². The van der Waals surface area contributed by atoms with Crippen molar-refractivity contribution in [2.24, 2.45) is 5.92 Å². The van der Waals surface area contributed by atoms with Gasteiger partial charge in [-0.25, -0.2) is 4.98 Å². The lowest BCUT2D eigenvalue weighted by Gasteiger charge is -2.37. The number of piperidine rings is 2. The minimum Gasteiger partial charge on any atom is -0.375 e. The molecule has 2 aliphatic rings. The summed E-state index contributed by atoms with van der Waals surface area (Å²) in [7, 11) is 1.53. The number of ether oxygens (including phenoxy) is 1. The summed E-state index contributed by atoms with van der Waals surface area (Å²) in [4.78, 5) is 35.9. The first kappa shape index (κ1) is 17.0. The Balaban J connectivity index is 1.45. The van der Waals surface area contributed by atoms with Gasteiger partial charge in [0, 0.05) is 57.5 Å². The molecule has 3 heterocycles. The summed E-state index contributed by atoms with van der Waals surface area (Å²) in [6, 6.07) is 0. The van der Waals surface area contributed by atoms with Gasteiger partial charge in [-0.05, 0) is 25.7 Å². The molecule has 0 atom stereocenters. The van der Waals surface area contributed by atoms with Crippen LogP contribution in [-0.4, -0.2) is 71.5 Å². The second-order valence-electron chi connectivity index (χ2n) is 6.66. The standard InChI is InChI=1S/C17H26N4O3/c1-24-12-15(22)20-8-4-14(5-9-20)17(23)21-10-2-13(3-11-21)16-18-6-7-19-16/h6-7,13-14H,2-5,8-12H2,1H3,(H,18,19). The number of imidazole rings is 1. The van der Waals surface area contributed by atoms with Crippen LogP contribution in [0.1, 0.15) is 37.4 Å². The van der Waals surface area contributed by atoms with Crippen molar-refractivity contribution in [3.63, 3.8) is 0 Å². The highest BCUT2D eigenvalue weighted by Crippen LogP contribution is 2.28. The zero-order chi connectivity index (χ0) is 16.9. The first-order chi connectivity index (χ1) is 11.7. The van der Waals surface area contributed by atoms with Gasteiger partial charge in [0.05, 0.1) is 0 Å². The van der Waals surface area contributed by atoms with Crippen LogP contribution in [-0.2, 0) is 14.3 Å². The molecule has 7 heteroatoms. The molecule has 0 bridgehead atoms. The van der Waals surface area contributed by atoms with E-state index in [1.807, 2.05) is 11.1 Å². The van der Waals surface area contributed by atoms with Gasteiger partial charge in [-0.1, -0.05) is 0 Å². The fourth-order valence-electron chi connectivity index (χ4n) is 3.72. The number of carbonyl (C=O) groups is 2. The third-order valence-corrected chi connectivity index (χ3v) is 5.18.